The number of alkyl halides is 1. The normalized spacial score (nSPS) is 23.6. The molecular formula is C12H16ClNO2S. The van der Waals surface area contributed by atoms with Gasteiger partial charge in [0.2, 0.25) is 0 Å². The van der Waals surface area contributed by atoms with E-state index < -0.39 is 9.84 Å². The molecule has 0 saturated carbocycles. The zero-order chi connectivity index (χ0) is 12.5. The van der Waals surface area contributed by atoms with Gasteiger partial charge in [0.25, 0.3) is 0 Å². The van der Waals surface area contributed by atoms with Gasteiger partial charge in [0.1, 0.15) is 0 Å². The van der Waals surface area contributed by atoms with Crippen LogP contribution in [0.25, 0.3) is 0 Å². The lowest BCUT2D eigenvalue weighted by atomic mass is 10.2. The zero-order valence-electron chi connectivity index (χ0n) is 9.77. The number of hydrogen-bond donors (Lipinski definition) is 0. The standard InChI is InChI=1S/C12H16ClNO2S/c1-10-9-17(15,16)7-6-14(10)12-4-2-11(8-13)3-5-12/h2-5,10H,6-9H2,1H3. The first-order chi connectivity index (χ1) is 8.02. The average Bonchev–Trinajstić information content (AvgIpc) is 2.28. The van der Waals surface area contributed by atoms with Crippen LogP contribution in [0, 0.1) is 0 Å². The molecule has 0 bridgehead atoms. The van der Waals surface area contributed by atoms with Crippen molar-refractivity contribution in [1.29, 1.82) is 0 Å². The molecule has 94 valence electrons. The topological polar surface area (TPSA) is 37.4 Å². The maximum atomic E-state index is 11.5. The first kappa shape index (κ1) is 12.7. The fourth-order valence-electron chi connectivity index (χ4n) is 2.16. The number of nitrogens with zero attached hydrogens (tertiary/aromatic N) is 1. The van der Waals surface area contributed by atoms with E-state index in [2.05, 4.69) is 4.90 Å². The minimum Gasteiger partial charge on any atom is -0.367 e. The second-order valence-electron chi connectivity index (χ2n) is 4.46. The third-order valence-corrected chi connectivity index (χ3v) is 5.20. The summed E-state index contributed by atoms with van der Waals surface area (Å²) < 4.78 is 23.0. The van der Waals surface area contributed by atoms with Crippen molar-refractivity contribution in [3.63, 3.8) is 0 Å². The van der Waals surface area contributed by atoms with Crippen molar-refractivity contribution in [1.82, 2.24) is 0 Å². The van der Waals surface area contributed by atoms with Gasteiger partial charge in [-0.1, -0.05) is 12.1 Å². The Labute approximate surface area is 107 Å². The molecule has 2 rings (SSSR count). The number of sulfone groups is 1. The summed E-state index contributed by atoms with van der Waals surface area (Å²) >= 11 is 5.74. The van der Waals surface area contributed by atoms with Crippen molar-refractivity contribution >= 4 is 27.1 Å². The van der Waals surface area contributed by atoms with Gasteiger partial charge in [-0.3, -0.25) is 0 Å². The summed E-state index contributed by atoms with van der Waals surface area (Å²) in [7, 11) is -2.85. The van der Waals surface area contributed by atoms with E-state index in [-0.39, 0.29) is 17.5 Å². The molecule has 0 radical (unpaired) electrons. The molecule has 3 nitrogen and oxygen atoms in total. The lowest BCUT2D eigenvalue weighted by Crippen LogP contribution is -2.46. The number of benzene rings is 1. The van der Waals surface area contributed by atoms with Crippen LogP contribution >= 0.6 is 11.6 Å². The van der Waals surface area contributed by atoms with E-state index in [0.29, 0.717) is 12.4 Å². The largest absolute Gasteiger partial charge is 0.367 e. The third kappa shape index (κ3) is 2.93. The van der Waals surface area contributed by atoms with Crippen LogP contribution in [-0.2, 0) is 15.7 Å². The van der Waals surface area contributed by atoms with E-state index in [4.69, 9.17) is 11.6 Å². The van der Waals surface area contributed by atoms with Gasteiger partial charge >= 0.3 is 0 Å². The third-order valence-electron chi connectivity index (χ3n) is 3.09. The number of hydrogen-bond acceptors (Lipinski definition) is 3. The SMILES string of the molecule is CC1CS(=O)(=O)CCN1c1ccc(CCl)cc1. The Hall–Kier alpha value is -0.740. The van der Waals surface area contributed by atoms with E-state index in [1.54, 1.807) is 0 Å². The molecule has 0 aromatic heterocycles. The fraction of sp³-hybridized carbons (Fsp3) is 0.500. The van der Waals surface area contributed by atoms with Crippen LogP contribution in [0.3, 0.4) is 0 Å². The average molecular weight is 274 g/mol. The van der Waals surface area contributed by atoms with E-state index in [9.17, 15) is 8.42 Å². The molecule has 1 unspecified atom stereocenters. The van der Waals surface area contributed by atoms with Crippen LogP contribution in [0.5, 0.6) is 0 Å². The van der Waals surface area contributed by atoms with E-state index in [0.717, 1.165) is 11.3 Å². The van der Waals surface area contributed by atoms with Crippen LogP contribution in [0.2, 0.25) is 0 Å². The van der Waals surface area contributed by atoms with E-state index >= 15 is 0 Å². The number of halogens is 1. The summed E-state index contributed by atoms with van der Waals surface area (Å²) in [5.41, 5.74) is 2.15. The molecule has 0 aliphatic carbocycles. The fourth-order valence-corrected chi connectivity index (χ4v) is 3.89. The molecule has 1 aliphatic heterocycles. The molecular weight excluding hydrogens is 258 g/mol. The molecule has 1 heterocycles. The van der Waals surface area contributed by atoms with Crippen LogP contribution in [0.15, 0.2) is 24.3 Å². The Morgan fingerprint density at radius 2 is 2.00 bits per heavy atom. The second kappa shape index (κ2) is 4.86. The van der Waals surface area contributed by atoms with E-state index in [1.807, 2.05) is 31.2 Å². The summed E-state index contributed by atoms with van der Waals surface area (Å²) in [4.78, 5) is 2.14. The lowest BCUT2D eigenvalue weighted by Gasteiger charge is -2.35. The summed E-state index contributed by atoms with van der Waals surface area (Å²) in [6.07, 6.45) is 0. The number of rotatable bonds is 2. The van der Waals surface area contributed by atoms with Crippen molar-refractivity contribution in [2.45, 2.75) is 18.8 Å². The Kier molecular flexibility index (Phi) is 3.64. The predicted octanol–water partition coefficient (Wildman–Crippen LogP) is 2.05. The molecule has 5 heteroatoms. The smallest absolute Gasteiger partial charge is 0.154 e. The highest BCUT2D eigenvalue weighted by molar-refractivity contribution is 7.91. The quantitative estimate of drug-likeness (QED) is 0.774. The van der Waals surface area contributed by atoms with Gasteiger partial charge in [-0.25, -0.2) is 8.42 Å². The minimum absolute atomic E-state index is 0.0376. The van der Waals surface area contributed by atoms with Crippen LogP contribution < -0.4 is 4.90 Å². The van der Waals surface area contributed by atoms with Crippen molar-refractivity contribution in [2.24, 2.45) is 0 Å². The van der Waals surface area contributed by atoms with Gasteiger partial charge < -0.3 is 4.90 Å². The highest BCUT2D eigenvalue weighted by Gasteiger charge is 2.27. The zero-order valence-corrected chi connectivity index (χ0v) is 11.3. The van der Waals surface area contributed by atoms with Crippen molar-refractivity contribution < 1.29 is 8.42 Å². The Morgan fingerprint density at radius 1 is 1.35 bits per heavy atom. The second-order valence-corrected chi connectivity index (χ2v) is 6.95. The maximum Gasteiger partial charge on any atom is 0.154 e. The molecule has 1 saturated heterocycles. The van der Waals surface area contributed by atoms with Crippen LogP contribution in [-0.4, -0.2) is 32.5 Å². The molecule has 0 spiro atoms. The highest BCUT2D eigenvalue weighted by Crippen LogP contribution is 2.22. The van der Waals surface area contributed by atoms with Crippen molar-refractivity contribution in [3.8, 4) is 0 Å². The van der Waals surface area contributed by atoms with E-state index in [1.165, 1.54) is 0 Å². The molecule has 1 atom stereocenters. The first-order valence-corrected chi connectivity index (χ1v) is 7.99. The lowest BCUT2D eigenvalue weighted by molar-refractivity contribution is 0.568. The molecule has 1 fully saturated rings. The summed E-state index contributed by atoms with van der Waals surface area (Å²) in [5.74, 6) is 0.989. The molecule has 0 amide bonds. The van der Waals surface area contributed by atoms with Crippen molar-refractivity contribution in [3.05, 3.63) is 29.8 Å². The van der Waals surface area contributed by atoms with Gasteiger partial charge in [-0.2, -0.15) is 0 Å². The summed E-state index contributed by atoms with van der Waals surface area (Å²) in [6.45, 7) is 2.52. The predicted molar refractivity (Wildman–Crippen MR) is 71.5 cm³/mol. The summed E-state index contributed by atoms with van der Waals surface area (Å²) in [6, 6.07) is 8.02. The van der Waals surface area contributed by atoms with Gasteiger partial charge in [0.15, 0.2) is 9.84 Å². The van der Waals surface area contributed by atoms with Gasteiger partial charge in [-0.15, -0.1) is 11.6 Å². The van der Waals surface area contributed by atoms with Gasteiger partial charge in [0.05, 0.1) is 11.5 Å². The minimum atomic E-state index is -2.85. The molecule has 0 N–H and O–H groups in total. The first-order valence-electron chi connectivity index (χ1n) is 5.64. The Balaban J connectivity index is 2.17. The maximum absolute atomic E-state index is 11.5. The molecule has 1 aliphatic rings. The van der Waals surface area contributed by atoms with Gasteiger partial charge in [-0.05, 0) is 24.6 Å². The summed E-state index contributed by atoms with van der Waals surface area (Å²) in [5, 5.41) is 0. The number of anilines is 1. The van der Waals surface area contributed by atoms with Gasteiger partial charge in [0, 0.05) is 24.2 Å². The molecule has 1 aromatic rings. The van der Waals surface area contributed by atoms with Crippen LogP contribution in [0.1, 0.15) is 12.5 Å². The molecule has 1 aromatic carbocycles. The Morgan fingerprint density at radius 3 is 2.53 bits per heavy atom. The monoisotopic (exact) mass is 273 g/mol. The van der Waals surface area contributed by atoms with Crippen molar-refractivity contribution in [2.75, 3.05) is 23.0 Å². The highest BCUT2D eigenvalue weighted by atomic mass is 35.5. The van der Waals surface area contributed by atoms with Crippen LogP contribution in [0.4, 0.5) is 5.69 Å². The Bertz CT molecular complexity index is 484. The molecule has 17 heavy (non-hydrogen) atoms.